The molecular formula is C15H10N4O6. The molecule has 1 aromatic rings. The van der Waals surface area contributed by atoms with Crippen LogP contribution in [-0.2, 0) is 14.4 Å². The number of barbiturate groups is 1. The van der Waals surface area contributed by atoms with Crippen molar-refractivity contribution in [2.45, 2.75) is 6.23 Å². The standard InChI is InChI=1S/C15H10N4O6/c20-10-8(11(21)17-14(23)16-10)7-5-3-1-2-4-6(5)25-13-9(7)12(22)18-15(24)19-13/h1-4,8,13H,(H2,18,19,22,24)(H2,16,17,20,21,23)/t13-/m0/s1. The van der Waals surface area contributed by atoms with Crippen LogP contribution in [0.5, 0.6) is 5.75 Å². The van der Waals surface area contributed by atoms with Crippen LogP contribution in [-0.4, -0.2) is 36.0 Å². The largest absolute Gasteiger partial charge is 0.465 e. The second-order valence-electron chi connectivity index (χ2n) is 5.49. The van der Waals surface area contributed by atoms with Crippen molar-refractivity contribution < 1.29 is 28.7 Å². The molecule has 4 N–H and O–H groups in total. The Bertz CT molecular complexity index is 885. The molecule has 1 aromatic carbocycles. The van der Waals surface area contributed by atoms with Crippen LogP contribution in [0.4, 0.5) is 9.59 Å². The molecule has 0 bridgehead atoms. The maximum Gasteiger partial charge on any atom is 0.328 e. The van der Waals surface area contributed by atoms with E-state index in [0.717, 1.165) is 0 Å². The normalized spacial score (nSPS) is 22.9. The number of hydrogen-bond acceptors (Lipinski definition) is 6. The van der Waals surface area contributed by atoms with Crippen LogP contribution in [0.3, 0.4) is 0 Å². The Morgan fingerprint density at radius 3 is 2.20 bits per heavy atom. The molecule has 10 heteroatoms. The van der Waals surface area contributed by atoms with Crippen molar-refractivity contribution in [3.63, 3.8) is 0 Å². The van der Waals surface area contributed by atoms with Crippen molar-refractivity contribution in [1.82, 2.24) is 21.3 Å². The number of hydrogen-bond donors (Lipinski definition) is 4. The van der Waals surface area contributed by atoms with E-state index in [1.54, 1.807) is 24.3 Å². The maximum absolute atomic E-state index is 12.3. The molecule has 7 amide bonds. The first-order valence-corrected chi connectivity index (χ1v) is 7.23. The van der Waals surface area contributed by atoms with Gasteiger partial charge in [0.25, 0.3) is 5.91 Å². The van der Waals surface area contributed by atoms with E-state index < -0.39 is 41.9 Å². The summed E-state index contributed by atoms with van der Waals surface area (Å²) in [6.45, 7) is 0. The summed E-state index contributed by atoms with van der Waals surface area (Å²) >= 11 is 0. The Labute approximate surface area is 139 Å². The Morgan fingerprint density at radius 2 is 1.48 bits per heavy atom. The summed E-state index contributed by atoms with van der Waals surface area (Å²) in [6, 6.07) is 4.77. The highest BCUT2D eigenvalue weighted by molar-refractivity contribution is 6.25. The highest BCUT2D eigenvalue weighted by Crippen LogP contribution is 2.40. The number of para-hydroxylation sites is 1. The molecule has 0 saturated carbocycles. The predicted octanol–water partition coefficient (Wildman–Crippen LogP) is -1.02. The molecule has 3 aliphatic heterocycles. The monoisotopic (exact) mass is 342 g/mol. The minimum absolute atomic E-state index is 0.0667. The number of urea groups is 2. The summed E-state index contributed by atoms with van der Waals surface area (Å²) in [6.07, 6.45) is -1.15. The predicted molar refractivity (Wildman–Crippen MR) is 79.6 cm³/mol. The van der Waals surface area contributed by atoms with Gasteiger partial charge in [-0.25, -0.2) is 9.59 Å². The third kappa shape index (κ3) is 2.23. The molecular weight excluding hydrogens is 332 g/mol. The minimum Gasteiger partial charge on any atom is -0.465 e. The van der Waals surface area contributed by atoms with Crippen molar-refractivity contribution >= 4 is 35.4 Å². The lowest BCUT2D eigenvalue weighted by atomic mass is 9.83. The van der Waals surface area contributed by atoms with Crippen molar-refractivity contribution in [2.75, 3.05) is 0 Å². The van der Waals surface area contributed by atoms with Crippen molar-refractivity contribution in [1.29, 1.82) is 0 Å². The molecule has 126 valence electrons. The summed E-state index contributed by atoms with van der Waals surface area (Å²) < 4.78 is 5.61. The summed E-state index contributed by atoms with van der Waals surface area (Å²) in [5.74, 6) is -3.66. The van der Waals surface area contributed by atoms with Crippen LogP contribution in [0, 0.1) is 5.92 Å². The van der Waals surface area contributed by atoms with Crippen LogP contribution < -0.4 is 26.0 Å². The quantitative estimate of drug-likeness (QED) is 0.481. The van der Waals surface area contributed by atoms with Crippen LogP contribution in [0.2, 0.25) is 0 Å². The molecule has 0 radical (unpaired) electrons. The van der Waals surface area contributed by atoms with Crippen LogP contribution in [0.1, 0.15) is 5.56 Å². The fourth-order valence-corrected chi connectivity index (χ4v) is 3.02. The summed E-state index contributed by atoms with van der Waals surface area (Å²) in [7, 11) is 0. The van der Waals surface area contributed by atoms with E-state index in [-0.39, 0.29) is 11.1 Å². The molecule has 0 aliphatic carbocycles. The van der Waals surface area contributed by atoms with E-state index in [2.05, 4.69) is 10.6 Å². The Hall–Kier alpha value is -3.69. The lowest BCUT2D eigenvalue weighted by Gasteiger charge is -2.36. The lowest BCUT2D eigenvalue weighted by Crippen LogP contribution is -2.60. The Kier molecular flexibility index (Phi) is 3.07. The fourth-order valence-electron chi connectivity index (χ4n) is 3.02. The Balaban J connectivity index is 1.94. The lowest BCUT2D eigenvalue weighted by molar-refractivity contribution is -0.133. The second-order valence-corrected chi connectivity index (χ2v) is 5.49. The topological polar surface area (TPSA) is 143 Å². The fraction of sp³-hybridized carbons (Fsp3) is 0.133. The average Bonchev–Trinajstić information content (AvgIpc) is 2.52. The second kappa shape index (κ2) is 5.16. The number of benzene rings is 1. The van der Waals surface area contributed by atoms with Gasteiger partial charge in [0.1, 0.15) is 11.7 Å². The highest BCUT2D eigenvalue weighted by atomic mass is 16.5. The van der Waals surface area contributed by atoms with Gasteiger partial charge in [0.05, 0.1) is 5.57 Å². The highest BCUT2D eigenvalue weighted by Gasteiger charge is 2.46. The number of nitrogens with one attached hydrogen (secondary N) is 4. The molecule has 0 spiro atoms. The number of ether oxygens (including phenoxy) is 1. The van der Waals surface area contributed by atoms with Gasteiger partial charge in [-0.1, -0.05) is 18.2 Å². The summed E-state index contributed by atoms with van der Waals surface area (Å²) in [4.78, 5) is 59.8. The summed E-state index contributed by atoms with van der Waals surface area (Å²) in [5, 5.41) is 8.48. The number of rotatable bonds is 1. The van der Waals surface area contributed by atoms with Gasteiger partial charge in [0.15, 0.2) is 0 Å². The molecule has 10 nitrogen and oxygen atoms in total. The van der Waals surface area contributed by atoms with E-state index in [1.807, 2.05) is 10.6 Å². The molecule has 4 rings (SSSR count). The summed E-state index contributed by atoms with van der Waals surface area (Å²) in [5.41, 5.74) is 0.361. The molecule has 3 heterocycles. The zero-order chi connectivity index (χ0) is 17.7. The maximum atomic E-state index is 12.3. The Morgan fingerprint density at radius 1 is 0.800 bits per heavy atom. The first kappa shape index (κ1) is 14.9. The third-order valence-electron chi connectivity index (χ3n) is 3.99. The van der Waals surface area contributed by atoms with Gasteiger partial charge in [-0.3, -0.25) is 35.7 Å². The number of carbonyl (C=O) groups excluding carboxylic acids is 5. The molecule has 0 unspecified atom stereocenters. The van der Waals surface area contributed by atoms with Gasteiger partial charge in [-0.05, 0) is 11.6 Å². The molecule has 3 aliphatic rings. The van der Waals surface area contributed by atoms with Gasteiger partial charge in [0, 0.05) is 5.56 Å². The molecule has 1 atom stereocenters. The molecule has 2 saturated heterocycles. The first-order chi connectivity index (χ1) is 12.0. The van der Waals surface area contributed by atoms with Gasteiger partial charge >= 0.3 is 12.1 Å². The number of fused-ring (bicyclic) bond motifs is 2. The third-order valence-corrected chi connectivity index (χ3v) is 3.99. The zero-order valence-corrected chi connectivity index (χ0v) is 12.4. The van der Waals surface area contributed by atoms with E-state index in [9.17, 15) is 24.0 Å². The van der Waals surface area contributed by atoms with Crippen LogP contribution >= 0.6 is 0 Å². The minimum atomic E-state index is -1.44. The zero-order valence-electron chi connectivity index (χ0n) is 12.4. The van der Waals surface area contributed by atoms with Crippen molar-refractivity contribution in [3.05, 3.63) is 35.4 Å². The van der Waals surface area contributed by atoms with Crippen molar-refractivity contribution in [3.8, 4) is 5.75 Å². The van der Waals surface area contributed by atoms with E-state index >= 15 is 0 Å². The van der Waals surface area contributed by atoms with Gasteiger partial charge in [-0.2, -0.15) is 0 Å². The van der Waals surface area contributed by atoms with Crippen molar-refractivity contribution in [2.24, 2.45) is 5.92 Å². The van der Waals surface area contributed by atoms with E-state index in [0.29, 0.717) is 11.3 Å². The van der Waals surface area contributed by atoms with Gasteiger partial charge < -0.3 is 4.74 Å². The van der Waals surface area contributed by atoms with E-state index in [1.165, 1.54) is 0 Å². The first-order valence-electron chi connectivity index (χ1n) is 7.23. The van der Waals surface area contributed by atoms with Gasteiger partial charge in [0.2, 0.25) is 18.0 Å². The van der Waals surface area contributed by atoms with E-state index in [4.69, 9.17) is 4.74 Å². The van der Waals surface area contributed by atoms with Crippen LogP contribution in [0.25, 0.3) is 5.57 Å². The number of carbonyl (C=O) groups is 5. The van der Waals surface area contributed by atoms with Gasteiger partial charge in [-0.15, -0.1) is 0 Å². The molecule has 0 aromatic heterocycles. The number of amides is 7. The smallest absolute Gasteiger partial charge is 0.328 e. The molecule has 2 fully saturated rings. The average molecular weight is 342 g/mol. The number of imide groups is 3. The van der Waals surface area contributed by atoms with Crippen LogP contribution in [0.15, 0.2) is 29.8 Å². The molecule has 25 heavy (non-hydrogen) atoms. The SMILES string of the molecule is O=C1NC(=O)C(C2=C3C(=O)NC(=O)N[C@H]3Oc3ccccc32)C(=O)N1.